The third-order valence-corrected chi connectivity index (χ3v) is 9.71. The summed E-state index contributed by atoms with van der Waals surface area (Å²) in [4.78, 5) is 12.7. The number of Topliss-reactive ketones (excluding diaryl/α,β-unsaturated/α-hetero) is 1. The van der Waals surface area contributed by atoms with Crippen molar-refractivity contribution in [2.75, 3.05) is 0 Å². The smallest absolute Gasteiger partial charge is 0.193 e. The Hall–Kier alpha value is -0.413. The van der Waals surface area contributed by atoms with Gasteiger partial charge in [0.05, 0.1) is 0 Å². The lowest BCUT2D eigenvalue weighted by Crippen LogP contribution is -2.47. The summed E-state index contributed by atoms with van der Waals surface area (Å²) in [6.07, 6.45) is 8.47. The highest BCUT2D eigenvalue weighted by Crippen LogP contribution is 2.41. The normalized spacial score (nSPS) is 32.3. The molecule has 0 aromatic rings. The lowest BCUT2D eigenvalue weighted by molar-refractivity contribution is -0.130. The molecule has 0 aromatic carbocycles. The SMILES string of the molecule is CC(C)(C)[Si](C)(C)O[C@H]1CC=C[C@H]2CCC[C@H]2C1=O. The van der Waals surface area contributed by atoms with Gasteiger partial charge in [-0.2, -0.15) is 0 Å². The molecule has 2 rings (SSSR count). The Kier molecular flexibility index (Phi) is 4.08. The van der Waals surface area contributed by atoms with Gasteiger partial charge in [-0.1, -0.05) is 39.3 Å². The number of carbonyl (C=O) groups is 1. The second-order valence-electron chi connectivity index (χ2n) is 7.63. The van der Waals surface area contributed by atoms with Crippen molar-refractivity contribution in [2.45, 2.75) is 70.7 Å². The van der Waals surface area contributed by atoms with Crippen molar-refractivity contribution >= 4 is 14.1 Å². The molecule has 0 aliphatic heterocycles. The molecule has 0 heterocycles. The number of fused-ring (bicyclic) bond motifs is 1. The minimum absolute atomic E-state index is 0.165. The molecular weight excluding hydrogens is 252 g/mol. The molecule has 19 heavy (non-hydrogen) atoms. The molecule has 2 aliphatic rings. The van der Waals surface area contributed by atoms with Gasteiger partial charge in [0, 0.05) is 5.92 Å². The first-order chi connectivity index (χ1) is 8.72. The first-order valence-electron chi connectivity index (χ1n) is 7.60. The highest BCUT2D eigenvalue weighted by molar-refractivity contribution is 6.74. The maximum absolute atomic E-state index is 12.7. The van der Waals surface area contributed by atoms with Gasteiger partial charge in [-0.15, -0.1) is 0 Å². The van der Waals surface area contributed by atoms with E-state index in [1.165, 1.54) is 12.8 Å². The van der Waals surface area contributed by atoms with Crippen LogP contribution in [-0.4, -0.2) is 20.2 Å². The molecule has 0 saturated heterocycles. The summed E-state index contributed by atoms with van der Waals surface area (Å²) in [6.45, 7) is 11.2. The average Bonchev–Trinajstić information content (AvgIpc) is 2.68. The molecule has 2 nitrogen and oxygen atoms in total. The zero-order chi connectivity index (χ0) is 14.3. The fourth-order valence-corrected chi connectivity index (χ4v) is 4.22. The van der Waals surface area contributed by atoms with Crippen LogP contribution in [0.1, 0.15) is 46.5 Å². The second kappa shape index (κ2) is 5.17. The largest absolute Gasteiger partial charge is 0.407 e. The molecule has 108 valence electrons. The van der Waals surface area contributed by atoms with E-state index in [1.54, 1.807) is 0 Å². The lowest BCUT2D eigenvalue weighted by atomic mass is 9.91. The Bertz CT molecular complexity index is 379. The zero-order valence-electron chi connectivity index (χ0n) is 13.0. The maximum atomic E-state index is 12.7. The Morgan fingerprint density at radius 2 is 1.95 bits per heavy atom. The number of carbonyl (C=O) groups excluding carboxylic acids is 1. The molecule has 0 N–H and O–H groups in total. The molecule has 0 spiro atoms. The summed E-state index contributed by atoms with van der Waals surface area (Å²) in [5, 5.41) is 0.165. The maximum Gasteiger partial charge on any atom is 0.193 e. The summed E-state index contributed by atoms with van der Waals surface area (Å²) < 4.78 is 6.38. The van der Waals surface area contributed by atoms with Gasteiger partial charge < -0.3 is 4.43 Å². The predicted octanol–water partition coefficient (Wildman–Crippen LogP) is 4.32. The van der Waals surface area contributed by atoms with Gasteiger partial charge in [0.1, 0.15) is 6.10 Å². The summed E-state index contributed by atoms with van der Waals surface area (Å²) in [5.74, 6) is 1.09. The number of hydrogen-bond donors (Lipinski definition) is 0. The molecule has 0 bridgehead atoms. The molecule has 0 amide bonds. The Balaban J connectivity index is 2.12. The Morgan fingerprint density at radius 3 is 2.58 bits per heavy atom. The Morgan fingerprint density at radius 1 is 1.26 bits per heavy atom. The highest BCUT2D eigenvalue weighted by Gasteiger charge is 2.43. The van der Waals surface area contributed by atoms with E-state index in [0.29, 0.717) is 11.7 Å². The van der Waals surface area contributed by atoms with Gasteiger partial charge in [0.25, 0.3) is 0 Å². The van der Waals surface area contributed by atoms with Gasteiger partial charge in [0.2, 0.25) is 0 Å². The van der Waals surface area contributed by atoms with Crippen LogP contribution < -0.4 is 0 Å². The van der Waals surface area contributed by atoms with E-state index in [0.717, 1.165) is 12.8 Å². The summed E-state index contributed by atoms with van der Waals surface area (Å²) >= 11 is 0. The van der Waals surface area contributed by atoms with Crippen LogP contribution >= 0.6 is 0 Å². The van der Waals surface area contributed by atoms with Crippen LogP contribution in [0.3, 0.4) is 0 Å². The second-order valence-corrected chi connectivity index (χ2v) is 12.4. The number of ketones is 1. The van der Waals surface area contributed by atoms with Crippen molar-refractivity contribution in [3.63, 3.8) is 0 Å². The van der Waals surface area contributed by atoms with Crippen LogP contribution in [0, 0.1) is 11.8 Å². The van der Waals surface area contributed by atoms with Crippen LogP contribution in [0.25, 0.3) is 0 Å². The molecule has 3 atom stereocenters. The van der Waals surface area contributed by atoms with Gasteiger partial charge in [0.15, 0.2) is 14.1 Å². The molecule has 0 unspecified atom stereocenters. The molecule has 3 heteroatoms. The molecule has 1 fully saturated rings. The lowest BCUT2D eigenvalue weighted by Gasteiger charge is -2.39. The van der Waals surface area contributed by atoms with Crippen LogP contribution in [0.2, 0.25) is 18.1 Å². The molecule has 0 aromatic heterocycles. The predicted molar refractivity (Wildman–Crippen MR) is 81.7 cm³/mol. The van der Waals surface area contributed by atoms with E-state index in [9.17, 15) is 4.79 Å². The summed E-state index contributed by atoms with van der Waals surface area (Å²) in [6, 6.07) is 0. The van der Waals surface area contributed by atoms with Crippen LogP contribution in [0.4, 0.5) is 0 Å². The fraction of sp³-hybridized carbons (Fsp3) is 0.812. The zero-order valence-corrected chi connectivity index (χ0v) is 14.0. The molecule has 1 saturated carbocycles. The number of hydrogen-bond acceptors (Lipinski definition) is 2. The van der Waals surface area contributed by atoms with E-state index in [2.05, 4.69) is 46.0 Å². The van der Waals surface area contributed by atoms with E-state index in [-0.39, 0.29) is 17.1 Å². The Labute approximate surface area is 118 Å². The third-order valence-electron chi connectivity index (χ3n) is 5.23. The number of rotatable bonds is 2. The van der Waals surface area contributed by atoms with Crippen LogP contribution in [0.5, 0.6) is 0 Å². The average molecular weight is 280 g/mol. The van der Waals surface area contributed by atoms with Gasteiger partial charge in [-0.05, 0) is 43.3 Å². The molecular formula is C16H28O2Si. The minimum Gasteiger partial charge on any atom is -0.407 e. The van der Waals surface area contributed by atoms with Gasteiger partial charge in [-0.25, -0.2) is 0 Å². The van der Waals surface area contributed by atoms with Crippen molar-refractivity contribution in [1.29, 1.82) is 0 Å². The quantitative estimate of drug-likeness (QED) is 0.556. The van der Waals surface area contributed by atoms with Gasteiger partial charge in [-0.3, -0.25) is 4.79 Å². The molecule has 2 aliphatic carbocycles. The van der Waals surface area contributed by atoms with E-state index in [4.69, 9.17) is 4.43 Å². The van der Waals surface area contributed by atoms with Crippen LogP contribution in [-0.2, 0) is 9.22 Å². The van der Waals surface area contributed by atoms with Crippen LogP contribution in [0.15, 0.2) is 12.2 Å². The first kappa shape index (κ1) is 15.0. The number of allylic oxidation sites excluding steroid dienone is 1. The van der Waals surface area contributed by atoms with Crippen molar-refractivity contribution in [2.24, 2.45) is 11.8 Å². The fourth-order valence-electron chi connectivity index (χ4n) is 2.94. The van der Waals surface area contributed by atoms with Crippen molar-refractivity contribution in [3.8, 4) is 0 Å². The van der Waals surface area contributed by atoms with Crippen molar-refractivity contribution in [1.82, 2.24) is 0 Å². The van der Waals surface area contributed by atoms with Crippen molar-refractivity contribution < 1.29 is 9.22 Å². The summed E-state index contributed by atoms with van der Waals surface area (Å²) in [7, 11) is -1.86. The van der Waals surface area contributed by atoms with Gasteiger partial charge >= 0.3 is 0 Å². The van der Waals surface area contributed by atoms with E-state index in [1.807, 2.05) is 0 Å². The van der Waals surface area contributed by atoms with E-state index < -0.39 is 8.32 Å². The molecule has 0 radical (unpaired) electrons. The van der Waals surface area contributed by atoms with E-state index >= 15 is 0 Å². The highest BCUT2D eigenvalue weighted by atomic mass is 28.4. The standard InChI is InChI=1S/C16H28O2Si/c1-16(2,3)19(4,5)18-14-11-7-9-12-8-6-10-13(12)15(14)17/h7,9,12-14H,6,8,10-11H2,1-5H3/t12-,13-,14+/m1/s1. The van der Waals surface area contributed by atoms with Crippen molar-refractivity contribution in [3.05, 3.63) is 12.2 Å². The third kappa shape index (κ3) is 3.02. The monoisotopic (exact) mass is 280 g/mol. The minimum atomic E-state index is -1.86. The topological polar surface area (TPSA) is 26.3 Å². The summed E-state index contributed by atoms with van der Waals surface area (Å²) in [5.41, 5.74) is 0. The first-order valence-corrected chi connectivity index (χ1v) is 10.5.